The first-order chi connectivity index (χ1) is 11.9. The fraction of sp³-hybridized carbons (Fsp3) is 0.429. The van der Waals surface area contributed by atoms with E-state index in [1.165, 1.54) is 16.2 Å². The molecule has 0 aliphatic carbocycles. The maximum absolute atomic E-state index is 12.4. The van der Waals surface area contributed by atoms with Crippen LogP contribution in [-0.4, -0.2) is 59.6 Å². The third-order valence-electron chi connectivity index (χ3n) is 3.76. The SMILES string of the molecule is O=C(NC1=CC=C(N2CCN(CC(F)(F)F)CC2)NN1)c1cscn1. The van der Waals surface area contributed by atoms with Crippen molar-refractivity contribution in [3.05, 3.63) is 40.4 Å². The number of aromatic nitrogens is 1. The summed E-state index contributed by atoms with van der Waals surface area (Å²) in [5, 5.41) is 4.32. The van der Waals surface area contributed by atoms with Crippen LogP contribution in [0.4, 0.5) is 13.2 Å². The monoisotopic (exact) mass is 374 g/mol. The molecule has 1 aromatic rings. The molecule has 136 valence electrons. The number of hydrazine groups is 1. The molecule has 1 saturated heterocycles. The number of piperazine rings is 1. The minimum atomic E-state index is -4.17. The first kappa shape index (κ1) is 17.5. The Bertz CT molecular complexity index is 665. The van der Waals surface area contributed by atoms with Crippen LogP contribution in [0.3, 0.4) is 0 Å². The van der Waals surface area contributed by atoms with Crippen LogP contribution in [0.25, 0.3) is 0 Å². The van der Waals surface area contributed by atoms with Crippen molar-refractivity contribution in [3.8, 4) is 0 Å². The van der Waals surface area contributed by atoms with E-state index in [9.17, 15) is 18.0 Å². The third kappa shape index (κ3) is 4.86. The summed E-state index contributed by atoms with van der Waals surface area (Å²) in [4.78, 5) is 19.2. The van der Waals surface area contributed by atoms with Gasteiger partial charge >= 0.3 is 6.18 Å². The molecule has 3 rings (SSSR count). The molecule has 3 heterocycles. The number of nitrogens with one attached hydrogen (secondary N) is 3. The molecule has 1 amide bonds. The molecular weight excluding hydrogens is 357 g/mol. The molecule has 2 aliphatic heterocycles. The van der Waals surface area contributed by atoms with Crippen molar-refractivity contribution in [1.82, 2.24) is 31.0 Å². The van der Waals surface area contributed by atoms with Gasteiger partial charge in [-0.05, 0) is 12.2 Å². The fourth-order valence-electron chi connectivity index (χ4n) is 2.55. The van der Waals surface area contributed by atoms with E-state index in [1.807, 2.05) is 4.90 Å². The Morgan fingerprint density at radius 1 is 1.24 bits per heavy atom. The van der Waals surface area contributed by atoms with E-state index in [2.05, 4.69) is 21.2 Å². The second kappa shape index (κ2) is 7.31. The highest BCUT2D eigenvalue weighted by Gasteiger charge is 2.32. The number of halogens is 3. The van der Waals surface area contributed by atoms with Gasteiger partial charge in [-0.15, -0.1) is 11.3 Å². The summed E-state index contributed by atoms with van der Waals surface area (Å²) in [5.74, 6) is 0.898. The van der Waals surface area contributed by atoms with Crippen molar-refractivity contribution in [1.29, 1.82) is 0 Å². The standard InChI is InChI=1S/C14H17F3N6OS/c15-14(16,17)8-22-3-5-23(6-4-22)12-2-1-11(20-21-12)19-13(24)10-7-25-9-18-10/h1-2,7,9,20-21H,3-6,8H2,(H,19,24). The number of amides is 1. The maximum atomic E-state index is 12.4. The number of hydrogen-bond donors (Lipinski definition) is 3. The van der Waals surface area contributed by atoms with Crippen LogP contribution in [0.2, 0.25) is 0 Å². The largest absolute Gasteiger partial charge is 0.401 e. The Kier molecular flexibility index (Phi) is 5.13. The zero-order valence-electron chi connectivity index (χ0n) is 13.1. The van der Waals surface area contributed by atoms with Crippen LogP contribution < -0.4 is 16.2 Å². The minimum Gasteiger partial charge on any atom is -0.355 e. The molecule has 25 heavy (non-hydrogen) atoms. The predicted molar refractivity (Wildman–Crippen MR) is 86.1 cm³/mol. The summed E-state index contributed by atoms with van der Waals surface area (Å²) in [7, 11) is 0. The van der Waals surface area contributed by atoms with Gasteiger partial charge in [-0.25, -0.2) is 4.98 Å². The van der Waals surface area contributed by atoms with Gasteiger partial charge in [0.05, 0.1) is 12.1 Å². The zero-order valence-corrected chi connectivity index (χ0v) is 14.0. The number of allylic oxidation sites excluding steroid dienone is 2. The smallest absolute Gasteiger partial charge is 0.355 e. The zero-order chi connectivity index (χ0) is 17.9. The van der Waals surface area contributed by atoms with Crippen LogP contribution in [0, 0.1) is 0 Å². The molecule has 7 nitrogen and oxygen atoms in total. The Hall–Kier alpha value is -2.27. The second-order valence-electron chi connectivity index (χ2n) is 5.59. The van der Waals surface area contributed by atoms with E-state index >= 15 is 0 Å². The third-order valence-corrected chi connectivity index (χ3v) is 4.35. The molecule has 1 fully saturated rings. The topological polar surface area (TPSA) is 72.5 Å². The summed E-state index contributed by atoms with van der Waals surface area (Å²) < 4.78 is 37.2. The highest BCUT2D eigenvalue weighted by atomic mass is 32.1. The van der Waals surface area contributed by atoms with Crippen molar-refractivity contribution >= 4 is 17.2 Å². The quantitative estimate of drug-likeness (QED) is 0.726. The van der Waals surface area contributed by atoms with Crippen molar-refractivity contribution in [2.45, 2.75) is 6.18 Å². The van der Waals surface area contributed by atoms with E-state index < -0.39 is 12.7 Å². The average Bonchev–Trinajstić information content (AvgIpc) is 3.09. The Labute approximate surface area is 146 Å². The summed E-state index contributed by atoms with van der Waals surface area (Å²) in [6.07, 6.45) is -0.704. The summed E-state index contributed by atoms with van der Waals surface area (Å²) in [6, 6.07) is 0. The van der Waals surface area contributed by atoms with Crippen LogP contribution in [0.5, 0.6) is 0 Å². The van der Waals surface area contributed by atoms with Gasteiger partial charge in [0, 0.05) is 31.6 Å². The molecule has 0 atom stereocenters. The van der Waals surface area contributed by atoms with Crippen molar-refractivity contribution in [2.75, 3.05) is 32.7 Å². The summed E-state index contributed by atoms with van der Waals surface area (Å²) >= 11 is 1.33. The number of alkyl halides is 3. The lowest BCUT2D eigenvalue weighted by molar-refractivity contribution is -0.148. The normalized spacial score (nSPS) is 18.8. The lowest BCUT2D eigenvalue weighted by Gasteiger charge is -2.38. The molecule has 0 unspecified atom stereocenters. The molecule has 2 aliphatic rings. The fourth-order valence-corrected chi connectivity index (χ4v) is 3.08. The lowest BCUT2D eigenvalue weighted by Crippen LogP contribution is -2.52. The Balaban J connectivity index is 1.51. The predicted octanol–water partition coefficient (Wildman–Crippen LogP) is 0.843. The molecule has 11 heteroatoms. The molecule has 0 aromatic carbocycles. The van der Waals surface area contributed by atoms with Crippen molar-refractivity contribution in [2.24, 2.45) is 0 Å². The van der Waals surface area contributed by atoms with Gasteiger partial charge in [0.2, 0.25) is 0 Å². The molecule has 1 aromatic heterocycles. The first-order valence-electron chi connectivity index (χ1n) is 7.58. The van der Waals surface area contributed by atoms with Gasteiger partial charge in [-0.1, -0.05) is 0 Å². The van der Waals surface area contributed by atoms with Gasteiger partial charge in [-0.2, -0.15) is 13.2 Å². The summed E-state index contributed by atoms with van der Waals surface area (Å²) in [5.41, 5.74) is 7.72. The Morgan fingerprint density at radius 3 is 2.56 bits per heavy atom. The molecule has 0 bridgehead atoms. The number of nitrogens with zero attached hydrogens (tertiary/aromatic N) is 3. The average molecular weight is 374 g/mol. The lowest BCUT2D eigenvalue weighted by atomic mass is 10.3. The highest BCUT2D eigenvalue weighted by Crippen LogP contribution is 2.18. The van der Waals surface area contributed by atoms with Gasteiger partial charge < -0.3 is 10.2 Å². The van der Waals surface area contributed by atoms with E-state index in [0.29, 0.717) is 37.7 Å². The van der Waals surface area contributed by atoms with Gasteiger partial charge in [0.25, 0.3) is 5.91 Å². The number of carbonyl (C=O) groups is 1. The number of hydrogen-bond acceptors (Lipinski definition) is 7. The van der Waals surface area contributed by atoms with Crippen molar-refractivity contribution < 1.29 is 18.0 Å². The van der Waals surface area contributed by atoms with E-state index in [4.69, 9.17) is 0 Å². The maximum Gasteiger partial charge on any atom is 0.401 e. The minimum absolute atomic E-state index is 0.320. The van der Waals surface area contributed by atoms with Gasteiger partial charge in [0.15, 0.2) is 0 Å². The molecule has 0 saturated carbocycles. The molecular formula is C14H17F3N6OS. The van der Waals surface area contributed by atoms with Crippen LogP contribution >= 0.6 is 11.3 Å². The van der Waals surface area contributed by atoms with E-state index in [0.717, 1.165) is 5.82 Å². The second-order valence-corrected chi connectivity index (χ2v) is 6.31. The van der Waals surface area contributed by atoms with E-state index in [1.54, 1.807) is 23.0 Å². The van der Waals surface area contributed by atoms with Crippen LogP contribution in [0.1, 0.15) is 10.5 Å². The number of rotatable bonds is 4. The first-order valence-corrected chi connectivity index (χ1v) is 8.52. The van der Waals surface area contributed by atoms with Crippen molar-refractivity contribution in [3.63, 3.8) is 0 Å². The van der Waals surface area contributed by atoms with Crippen LogP contribution in [-0.2, 0) is 0 Å². The number of carbonyl (C=O) groups excluding carboxylic acids is 1. The number of thiazole rings is 1. The van der Waals surface area contributed by atoms with Gasteiger partial charge in [0.1, 0.15) is 17.3 Å². The molecule has 3 N–H and O–H groups in total. The Morgan fingerprint density at radius 2 is 2.00 bits per heavy atom. The molecule has 0 radical (unpaired) electrons. The molecule has 0 spiro atoms. The van der Waals surface area contributed by atoms with Gasteiger partial charge in [-0.3, -0.25) is 20.5 Å². The summed E-state index contributed by atoms with van der Waals surface area (Å²) in [6.45, 7) is 0.791. The van der Waals surface area contributed by atoms with E-state index in [-0.39, 0.29) is 5.91 Å². The van der Waals surface area contributed by atoms with Crippen LogP contribution in [0.15, 0.2) is 34.7 Å². The highest BCUT2D eigenvalue weighted by molar-refractivity contribution is 7.07.